The monoisotopic (exact) mass is 228 g/mol. The van der Waals surface area contributed by atoms with Crippen LogP contribution in [0.4, 0.5) is 0 Å². The zero-order valence-corrected chi connectivity index (χ0v) is 9.90. The highest BCUT2D eigenvalue weighted by Gasteiger charge is 2.32. The van der Waals surface area contributed by atoms with E-state index in [2.05, 4.69) is 10.3 Å². The number of aromatic nitrogens is 2. The van der Waals surface area contributed by atoms with Gasteiger partial charge in [-0.15, -0.1) is 0 Å². The average molecular weight is 228 g/mol. The van der Waals surface area contributed by atoms with Gasteiger partial charge in [-0.05, 0) is 37.6 Å². The second-order valence-electron chi connectivity index (χ2n) is 4.91. The van der Waals surface area contributed by atoms with Gasteiger partial charge >= 0.3 is 0 Å². The van der Waals surface area contributed by atoms with Crippen molar-refractivity contribution >= 4 is 0 Å². The SMILES string of the molecule is CC1(C)NCc2cc(-c3ccncc3)n([O-])c21. The molecule has 1 aliphatic rings. The minimum absolute atomic E-state index is 0.248. The van der Waals surface area contributed by atoms with E-state index in [1.807, 2.05) is 32.0 Å². The Bertz CT molecular complexity index is 558. The number of nitrogens with one attached hydrogen (secondary N) is 1. The average Bonchev–Trinajstić information content (AvgIpc) is 2.80. The van der Waals surface area contributed by atoms with Crippen molar-refractivity contribution in [3.63, 3.8) is 0 Å². The fourth-order valence-electron chi connectivity index (χ4n) is 2.46. The normalized spacial score (nSPS) is 17.1. The molecule has 0 saturated carbocycles. The van der Waals surface area contributed by atoms with Gasteiger partial charge < -0.3 is 15.3 Å². The van der Waals surface area contributed by atoms with Crippen LogP contribution in [0, 0.1) is 5.21 Å². The van der Waals surface area contributed by atoms with Gasteiger partial charge in [0.05, 0.1) is 5.54 Å². The Morgan fingerprint density at radius 1 is 1.35 bits per heavy atom. The molecule has 17 heavy (non-hydrogen) atoms. The highest BCUT2D eigenvalue weighted by molar-refractivity contribution is 5.63. The van der Waals surface area contributed by atoms with E-state index >= 15 is 0 Å². The lowest BCUT2D eigenvalue weighted by Gasteiger charge is -2.26. The van der Waals surface area contributed by atoms with Crippen LogP contribution >= 0.6 is 0 Å². The summed E-state index contributed by atoms with van der Waals surface area (Å²) in [6, 6.07) is 5.69. The molecule has 0 aliphatic carbocycles. The maximum atomic E-state index is 12.3. The fourth-order valence-corrected chi connectivity index (χ4v) is 2.46. The van der Waals surface area contributed by atoms with Crippen molar-refractivity contribution in [1.82, 2.24) is 15.0 Å². The van der Waals surface area contributed by atoms with Crippen LogP contribution in [0.5, 0.6) is 0 Å². The van der Waals surface area contributed by atoms with Crippen LogP contribution in [0.3, 0.4) is 0 Å². The first-order chi connectivity index (χ1) is 8.09. The quantitative estimate of drug-likeness (QED) is 0.814. The smallest absolute Gasteiger partial charge is 0.0534 e. The van der Waals surface area contributed by atoms with Gasteiger partial charge in [-0.1, -0.05) is 0 Å². The summed E-state index contributed by atoms with van der Waals surface area (Å²) >= 11 is 0. The molecular formula is C13H14N3O-. The first-order valence-electron chi connectivity index (χ1n) is 5.67. The molecule has 4 heteroatoms. The van der Waals surface area contributed by atoms with Crippen LogP contribution in [-0.2, 0) is 12.1 Å². The van der Waals surface area contributed by atoms with Crippen LogP contribution in [-0.4, -0.2) is 9.71 Å². The van der Waals surface area contributed by atoms with E-state index in [9.17, 15) is 5.21 Å². The third kappa shape index (κ3) is 1.45. The Kier molecular flexibility index (Phi) is 2.03. The second kappa shape index (κ2) is 3.34. The van der Waals surface area contributed by atoms with Gasteiger partial charge in [-0.2, -0.15) is 0 Å². The lowest BCUT2D eigenvalue weighted by atomic mass is 10.0. The predicted octanol–water partition coefficient (Wildman–Crippen LogP) is 2.23. The molecule has 3 rings (SSSR count). The molecule has 0 fully saturated rings. The third-order valence-corrected chi connectivity index (χ3v) is 3.33. The van der Waals surface area contributed by atoms with Gasteiger partial charge in [-0.25, -0.2) is 0 Å². The number of pyridine rings is 1. The van der Waals surface area contributed by atoms with Crippen molar-refractivity contribution < 1.29 is 0 Å². The molecule has 1 aliphatic heterocycles. The molecule has 0 saturated heterocycles. The Morgan fingerprint density at radius 3 is 2.71 bits per heavy atom. The summed E-state index contributed by atoms with van der Waals surface area (Å²) in [4.78, 5) is 3.97. The Labute approximate surface area is 99.9 Å². The first kappa shape index (κ1) is 10.4. The molecule has 0 amide bonds. The van der Waals surface area contributed by atoms with Crippen molar-refractivity contribution in [3.8, 4) is 11.3 Å². The summed E-state index contributed by atoms with van der Waals surface area (Å²) in [5.74, 6) is 0. The number of hydrogen-bond acceptors (Lipinski definition) is 3. The van der Waals surface area contributed by atoms with E-state index in [0.29, 0.717) is 5.69 Å². The largest absolute Gasteiger partial charge is 0.805 e. The van der Waals surface area contributed by atoms with Crippen LogP contribution in [0.2, 0.25) is 0 Å². The first-order valence-corrected chi connectivity index (χ1v) is 5.67. The highest BCUT2D eigenvalue weighted by atomic mass is 16.5. The van der Waals surface area contributed by atoms with Crippen LogP contribution < -0.4 is 5.32 Å². The van der Waals surface area contributed by atoms with Crippen molar-refractivity contribution in [2.45, 2.75) is 25.9 Å². The van der Waals surface area contributed by atoms with Gasteiger partial charge in [0, 0.05) is 35.9 Å². The van der Waals surface area contributed by atoms with Gasteiger partial charge in [-0.3, -0.25) is 4.98 Å². The van der Waals surface area contributed by atoms with Crippen molar-refractivity contribution in [1.29, 1.82) is 0 Å². The molecule has 0 radical (unpaired) electrons. The molecule has 0 spiro atoms. The van der Waals surface area contributed by atoms with Crippen molar-refractivity contribution in [2.24, 2.45) is 0 Å². The van der Waals surface area contributed by atoms with Crippen LogP contribution in [0.15, 0.2) is 30.6 Å². The highest BCUT2D eigenvalue weighted by Crippen LogP contribution is 2.35. The molecule has 1 N–H and O–H groups in total. The molecule has 0 bridgehead atoms. The van der Waals surface area contributed by atoms with Crippen LogP contribution in [0.1, 0.15) is 25.1 Å². The fraction of sp³-hybridized carbons (Fsp3) is 0.308. The lowest BCUT2D eigenvalue weighted by Crippen LogP contribution is -2.31. The summed E-state index contributed by atoms with van der Waals surface area (Å²) in [5, 5.41) is 15.7. The molecule has 0 unspecified atom stereocenters. The summed E-state index contributed by atoms with van der Waals surface area (Å²) < 4.78 is 1.05. The van der Waals surface area contributed by atoms with Crippen LogP contribution in [0.25, 0.3) is 11.3 Å². The van der Waals surface area contributed by atoms with E-state index in [1.54, 1.807) is 12.4 Å². The predicted molar refractivity (Wildman–Crippen MR) is 66.3 cm³/mol. The minimum Gasteiger partial charge on any atom is -0.805 e. The molecule has 0 aromatic carbocycles. The second-order valence-corrected chi connectivity index (χ2v) is 4.91. The lowest BCUT2D eigenvalue weighted by molar-refractivity contribution is 0.426. The summed E-state index contributed by atoms with van der Waals surface area (Å²) in [5.41, 5.74) is 3.32. The molecule has 4 nitrogen and oxygen atoms in total. The van der Waals surface area contributed by atoms with E-state index in [4.69, 9.17) is 0 Å². The van der Waals surface area contributed by atoms with Crippen molar-refractivity contribution in [2.75, 3.05) is 0 Å². The van der Waals surface area contributed by atoms with Gasteiger partial charge in [0.2, 0.25) is 0 Å². The maximum Gasteiger partial charge on any atom is 0.0534 e. The summed E-state index contributed by atoms with van der Waals surface area (Å²) in [6.45, 7) is 4.82. The van der Waals surface area contributed by atoms with Gasteiger partial charge in [0.15, 0.2) is 0 Å². The summed E-state index contributed by atoms with van der Waals surface area (Å²) in [6.07, 6.45) is 3.41. The minimum atomic E-state index is -0.248. The number of nitrogens with zero attached hydrogens (tertiary/aromatic N) is 2. The van der Waals surface area contributed by atoms with E-state index in [0.717, 1.165) is 28.1 Å². The number of hydrogen-bond donors (Lipinski definition) is 1. The van der Waals surface area contributed by atoms with Crippen molar-refractivity contribution in [3.05, 3.63) is 47.1 Å². The molecule has 2 aromatic heterocycles. The van der Waals surface area contributed by atoms with Gasteiger partial charge in [0.25, 0.3) is 0 Å². The molecule has 88 valence electrons. The maximum absolute atomic E-state index is 12.3. The number of fused-ring (bicyclic) bond motifs is 1. The van der Waals surface area contributed by atoms with E-state index < -0.39 is 0 Å². The summed E-state index contributed by atoms with van der Waals surface area (Å²) in [7, 11) is 0. The third-order valence-electron chi connectivity index (χ3n) is 3.33. The molecular weight excluding hydrogens is 214 g/mol. The topological polar surface area (TPSA) is 52.9 Å². The molecule has 3 heterocycles. The zero-order chi connectivity index (χ0) is 12.0. The van der Waals surface area contributed by atoms with E-state index in [1.165, 1.54) is 0 Å². The molecule has 2 aromatic rings. The number of rotatable bonds is 1. The Balaban J connectivity index is 2.17. The van der Waals surface area contributed by atoms with Gasteiger partial charge in [0.1, 0.15) is 0 Å². The standard InChI is InChI=1S/C13H14N3O/c1-13(2)12-10(8-15-13)7-11(16(12)17)9-3-5-14-6-4-9/h3-7,15H,8H2,1-2H3/q-1. The Morgan fingerprint density at radius 2 is 2.06 bits per heavy atom. The zero-order valence-electron chi connectivity index (χ0n) is 9.90. The molecule has 0 atom stereocenters. The van der Waals surface area contributed by atoms with E-state index in [-0.39, 0.29) is 5.54 Å². The Hall–Kier alpha value is -1.81.